The molecule has 8 nitrogen and oxygen atoms in total. The first-order valence-electron chi connectivity index (χ1n) is 9.63. The van der Waals surface area contributed by atoms with E-state index < -0.39 is 11.4 Å². The molecule has 1 aliphatic heterocycles. The van der Waals surface area contributed by atoms with Gasteiger partial charge in [-0.05, 0) is 56.7 Å². The van der Waals surface area contributed by atoms with E-state index >= 15 is 0 Å². The minimum atomic E-state index is -1.18. The molecule has 0 atom stereocenters. The lowest BCUT2D eigenvalue weighted by Gasteiger charge is -2.27. The molecule has 0 bridgehead atoms. The van der Waals surface area contributed by atoms with Crippen LogP contribution in [-0.4, -0.2) is 53.7 Å². The van der Waals surface area contributed by atoms with Crippen LogP contribution in [0.3, 0.4) is 0 Å². The Morgan fingerprint density at radius 1 is 1.19 bits per heavy atom. The van der Waals surface area contributed by atoms with Gasteiger partial charge < -0.3 is 20.9 Å². The molecule has 1 aliphatic rings. The molecule has 0 aliphatic carbocycles. The topological polar surface area (TPSA) is 108 Å². The predicted octanol–water partition coefficient (Wildman–Crippen LogP) is 2.43. The van der Waals surface area contributed by atoms with Crippen LogP contribution < -0.4 is 16.0 Å². The summed E-state index contributed by atoms with van der Waals surface area (Å²) in [5.41, 5.74) is 0.451. The molecule has 0 saturated carbocycles. The number of carbonyl (C=O) groups excluding carboxylic acids is 4. The number of piperazine rings is 1. The molecule has 1 fully saturated rings. The number of halogens is 1. The molecule has 1 saturated heterocycles. The Morgan fingerprint density at radius 3 is 2.55 bits per heavy atom. The molecule has 0 unspecified atom stereocenters. The highest BCUT2D eigenvalue weighted by Gasteiger charge is 2.31. The lowest BCUT2D eigenvalue weighted by molar-refractivity contribution is -0.123. The van der Waals surface area contributed by atoms with Crippen LogP contribution >= 0.6 is 22.9 Å². The number of aryl methyl sites for hydroxylation is 1. The van der Waals surface area contributed by atoms with Gasteiger partial charge in [-0.2, -0.15) is 0 Å². The molecule has 3 rings (SSSR count). The predicted molar refractivity (Wildman–Crippen MR) is 120 cm³/mol. The molecule has 3 N–H and O–H groups in total. The lowest BCUT2D eigenvalue weighted by Crippen LogP contribution is -2.52. The molecule has 0 radical (unpaired) electrons. The van der Waals surface area contributed by atoms with Crippen molar-refractivity contribution in [2.75, 3.05) is 25.0 Å². The fourth-order valence-corrected chi connectivity index (χ4v) is 4.03. The van der Waals surface area contributed by atoms with E-state index in [2.05, 4.69) is 16.0 Å². The second-order valence-corrected chi connectivity index (χ2v) is 9.46. The van der Waals surface area contributed by atoms with E-state index in [-0.39, 0.29) is 24.3 Å². The molecule has 0 spiro atoms. The van der Waals surface area contributed by atoms with E-state index in [1.165, 1.54) is 4.90 Å². The van der Waals surface area contributed by atoms with E-state index in [0.717, 1.165) is 11.3 Å². The van der Waals surface area contributed by atoms with Gasteiger partial charge in [-0.3, -0.25) is 19.2 Å². The number of nitrogens with zero attached hydrogens (tertiary/aromatic N) is 1. The number of anilines is 1. The van der Waals surface area contributed by atoms with Crippen molar-refractivity contribution in [2.24, 2.45) is 0 Å². The molecule has 4 amide bonds. The molecular formula is C21H23ClN4O4S. The van der Waals surface area contributed by atoms with Gasteiger partial charge >= 0.3 is 0 Å². The third kappa shape index (κ3) is 5.42. The summed E-state index contributed by atoms with van der Waals surface area (Å²) in [6.07, 6.45) is 0. The van der Waals surface area contributed by atoms with E-state index in [9.17, 15) is 19.2 Å². The van der Waals surface area contributed by atoms with Crippen molar-refractivity contribution in [2.45, 2.75) is 26.3 Å². The molecule has 2 aromatic rings. The monoisotopic (exact) mass is 462 g/mol. The van der Waals surface area contributed by atoms with Crippen molar-refractivity contribution in [3.05, 3.63) is 50.7 Å². The maximum absolute atomic E-state index is 12.8. The SMILES string of the molecule is Cc1cc(NC(=O)C(C)(C)NC(=O)c2ccc(Cl)s2)ccc1C(=O)N1CCNC(=O)C1. The van der Waals surface area contributed by atoms with Crippen LogP contribution in [0.5, 0.6) is 0 Å². The largest absolute Gasteiger partial charge is 0.353 e. The van der Waals surface area contributed by atoms with Gasteiger partial charge in [-0.15, -0.1) is 11.3 Å². The molecule has 164 valence electrons. The summed E-state index contributed by atoms with van der Waals surface area (Å²) in [7, 11) is 0. The summed E-state index contributed by atoms with van der Waals surface area (Å²) >= 11 is 7.00. The van der Waals surface area contributed by atoms with Gasteiger partial charge in [-0.25, -0.2) is 0 Å². The number of hydrogen-bond donors (Lipinski definition) is 3. The van der Waals surface area contributed by atoms with Crippen molar-refractivity contribution in [1.29, 1.82) is 0 Å². The van der Waals surface area contributed by atoms with Crippen LogP contribution in [0, 0.1) is 6.92 Å². The van der Waals surface area contributed by atoms with Gasteiger partial charge in [0.15, 0.2) is 0 Å². The van der Waals surface area contributed by atoms with Gasteiger partial charge in [0.25, 0.3) is 11.8 Å². The van der Waals surface area contributed by atoms with E-state index in [0.29, 0.717) is 39.1 Å². The van der Waals surface area contributed by atoms with Gasteiger partial charge in [0.1, 0.15) is 5.54 Å². The zero-order chi connectivity index (χ0) is 22.8. The minimum Gasteiger partial charge on any atom is -0.353 e. The van der Waals surface area contributed by atoms with Crippen molar-refractivity contribution < 1.29 is 19.2 Å². The van der Waals surface area contributed by atoms with Crippen LogP contribution in [0.1, 0.15) is 39.4 Å². The Kier molecular flexibility index (Phi) is 6.66. The molecule has 1 aromatic heterocycles. The van der Waals surface area contributed by atoms with Crippen LogP contribution in [-0.2, 0) is 9.59 Å². The highest BCUT2D eigenvalue weighted by Crippen LogP contribution is 2.23. The quantitative estimate of drug-likeness (QED) is 0.634. The van der Waals surface area contributed by atoms with E-state index in [1.807, 2.05) is 0 Å². The van der Waals surface area contributed by atoms with Crippen LogP contribution in [0.2, 0.25) is 4.34 Å². The average Bonchev–Trinajstić information content (AvgIpc) is 3.14. The van der Waals surface area contributed by atoms with Crippen molar-refractivity contribution in [1.82, 2.24) is 15.5 Å². The summed E-state index contributed by atoms with van der Waals surface area (Å²) in [4.78, 5) is 51.3. The molecule has 31 heavy (non-hydrogen) atoms. The Hall–Kier alpha value is -2.91. The first kappa shape index (κ1) is 22.8. The first-order valence-corrected chi connectivity index (χ1v) is 10.8. The van der Waals surface area contributed by atoms with E-state index in [4.69, 9.17) is 11.6 Å². The first-order chi connectivity index (χ1) is 14.6. The zero-order valence-corrected chi connectivity index (χ0v) is 18.9. The molecular weight excluding hydrogens is 440 g/mol. The maximum atomic E-state index is 12.8. The number of rotatable bonds is 5. The summed E-state index contributed by atoms with van der Waals surface area (Å²) in [6.45, 7) is 5.87. The highest BCUT2D eigenvalue weighted by atomic mass is 35.5. The molecule has 1 aromatic carbocycles. The van der Waals surface area contributed by atoms with Crippen LogP contribution in [0.4, 0.5) is 5.69 Å². The third-order valence-corrected chi connectivity index (χ3v) is 6.06. The standard InChI is InChI=1S/C21H23ClN4O4S/c1-12-10-13(4-5-14(12)19(29)26-9-8-23-17(27)11-26)24-20(30)21(2,3)25-18(28)15-6-7-16(22)31-15/h4-7,10H,8-9,11H2,1-3H3,(H,23,27)(H,24,30)(H,25,28). The van der Waals surface area contributed by atoms with Gasteiger partial charge in [0.05, 0.1) is 15.8 Å². The molecule has 2 heterocycles. The fourth-order valence-electron chi connectivity index (χ4n) is 3.09. The maximum Gasteiger partial charge on any atom is 0.262 e. The number of hydrogen-bond acceptors (Lipinski definition) is 5. The number of amides is 4. The summed E-state index contributed by atoms with van der Waals surface area (Å²) in [5.74, 6) is -1.21. The zero-order valence-electron chi connectivity index (χ0n) is 17.4. The Bertz CT molecular complexity index is 1050. The summed E-state index contributed by atoms with van der Waals surface area (Å²) < 4.78 is 0.489. The number of carbonyl (C=O) groups is 4. The number of benzene rings is 1. The Morgan fingerprint density at radius 2 is 1.94 bits per heavy atom. The van der Waals surface area contributed by atoms with Gasteiger partial charge in [0.2, 0.25) is 11.8 Å². The normalized spacial score (nSPS) is 14.1. The lowest BCUT2D eigenvalue weighted by atomic mass is 10.0. The summed E-state index contributed by atoms with van der Waals surface area (Å²) in [5, 5.41) is 8.16. The summed E-state index contributed by atoms with van der Waals surface area (Å²) in [6, 6.07) is 8.15. The van der Waals surface area contributed by atoms with Gasteiger partial charge in [-0.1, -0.05) is 11.6 Å². The number of thiophene rings is 1. The Balaban J connectivity index is 1.67. The average molecular weight is 463 g/mol. The molecule has 10 heteroatoms. The second kappa shape index (κ2) is 9.07. The van der Waals surface area contributed by atoms with Crippen molar-refractivity contribution in [3.8, 4) is 0 Å². The van der Waals surface area contributed by atoms with Crippen molar-refractivity contribution in [3.63, 3.8) is 0 Å². The highest BCUT2D eigenvalue weighted by molar-refractivity contribution is 7.18. The Labute approximate surface area is 188 Å². The van der Waals surface area contributed by atoms with Crippen LogP contribution in [0.15, 0.2) is 30.3 Å². The van der Waals surface area contributed by atoms with Crippen LogP contribution in [0.25, 0.3) is 0 Å². The van der Waals surface area contributed by atoms with Gasteiger partial charge in [0, 0.05) is 24.3 Å². The smallest absolute Gasteiger partial charge is 0.262 e. The van der Waals surface area contributed by atoms with Crippen molar-refractivity contribution >= 4 is 52.3 Å². The second-order valence-electron chi connectivity index (χ2n) is 7.74. The third-order valence-electron chi connectivity index (χ3n) is 4.83. The van der Waals surface area contributed by atoms with E-state index in [1.54, 1.807) is 51.1 Å². The minimum absolute atomic E-state index is 0.0279. The number of nitrogens with one attached hydrogen (secondary N) is 3. The fraction of sp³-hybridized carbons (Fsp3) is 0.333.